The lowest BCUT2D eigenvalue weighted by Gasteiger charge is -2.26. The normalized spacial score (nSPS) is 15.6. The molecule has 1 amide bonds. The summed E-state index contributed by atoms with van der Waals surface area (Å²) in [7, 11) is -3.62. The maximum absolute atomic E-state index is 12.8. The van der Waals surface area contributed by atoms with Gasteiger partial charge in [0.1, 0.15) is 5.69 Å². The molecule has 1 aromatic carbocycles. The quantitative estimate of drug-likeness (QED) is 0.883. The largest absolute Gasteiger partial charge is 0.379 e. The summed E-state index contributed by atoms with van der Waals surface area (Å²) in [5, 5.41) is 2.76. The molecule has 0 saturated carbocycles. The summed E-state index contributed by atoms with van der Waals surface area (Å²) in [5.41, 5.74) is 2.24. The van der Waals surface area contributed by atoms with Crippen molar-refractivity contribution in [1.29, 1.82) is 0 Å². The number of carbonyl (C=O) groups is 1. The minimum absolute atomic E-state index is 0.150. The first-order valence-electron chi connectivity index (χ1n) is 8.31. The number of aryl methyl sites for hydroxylation is 2. The third kappa shape index (κ3) is 3.92. The Labute approximate surface area is 153 Å². The lowest BCUT2D eigenvalue weighted by Crippen LogP contribution is -2.40. The van der Waals surface area contributed by atoms with Crippen LogP contribution >= 0.6 is 0 Å². The molecule has 7 nitrogen and oxygen atoms in total. The Bertz CT molecular complexity index is 922. The second-order valence-electron chi connectivity index (χ2n) is 6.11. The summed E-state index contributed by atoms with van der Waals surface area (Å²) in [6, 6.07) is 9.91. The van der Waals surface area contributed by atoms with E-state index in [9.17, 15) is 13.2 Å². The average Bonchev–Trinajstić information content (AvgIpc) is 2.64. The van der Waals surface area contributed by atoms with Crippen molar-refractivity contribution >= 4 is 21.6 Å². The van der Waals surface area contributed by atoms with Crippen molar-refractivity contribution in [1.82, 2.24) is 9.29 Å². The van der Waals surface area contributed by atoms with E-state index in [1.165, 1.54) is 10.4 Å². The number of ether oxygens (including phenoxy) is 1. The lowest BCUT2D eigenvalue weighted by atomic mass is 10.2. The number of carbonyl (C=O) groups excluding carboxylic acids is 1. The van der Waals surface area contributed by atoms with Gasteiger partial charge in [-0.05, 0) is 43.7 Å². The van der Waals surface area contributed by atoms with Crippen LogP contribution in [-0.2, 0) is 14.8 Å². The highest BCUT2D eigenvalue weighted by atomic mass is 32.2. The van der Waals surface area contributed by atoms with Gasteiger partial charge in [0.2, 0.25) is 10.0 Å². The first-order chi connectivity index (χ1) is 12.4. The van der Waals surface area contributed by atoms with Crippen LogP contribution in [0.1, 0.15) is 21.7 Å². The van der Waals surface area contributed by atoms with Gasteiger partial charge in [-0.3, -0.25) is 4.79 Å². The second-order valence-corrected chi connectivity index (χ2v) is 8.05. The zero-order valence-electron chi connectivity index (χ0n) is 14.7. The number of anilines is 1. The number of hydrogen-bond acceptors (Lipinski definition) is 5. The number of pyridine rings is 1. The molecule has 138 valence electrons. The van der Waals surface area contributed by atoms with Crippen molar-refractivity contribution in [3.63, 3.8) is 0 Å². The molecule has 0 radical (unpaired) electrons. The number of amides is 1. The molecule has 0 aliphatic carbocycles. The van der Waals surface area contributed by atoms with Crippen LogP contribution < -0.4 is 5.32 Å². The van der Waals surface area contributed by atoms with E-state index in [0.717, 1.165) is 11.3 Å². The fourth-order valence-corrected chi connectivity index (χ4v) is 4.12. The van der Waals surface area contributed by atoms with Gasteiger partial charge in [-0.2, -0.15) is 4.31 Å². The highest BCUT2D eigenvalue weighted by Crippen LogP contribution is 2.24. The number of hydrogen-bond donors (Lipinski definition) is 1. The molecule has 3 rings (SSSR count). The number of benzene rings is 1. The van der Waals surface area contributed by atoms with Gasteiger partial charge in [-0.25, -0.2) is 13.4 Å². The Balaban J connectivity index is 1.87. The van der Waals surface area contributed by atoms with E-state index in [1.54, 1.807) is 37.3 Å². The molecule has 1 aromatic heterocycles. The van der Waals surface area contributed by atoms with Crippen LogP contribution in [0.2, 0.25) is 0 Å². The smallest absolute Gasteiger partial charge is 0.274 e. The minimum Gasteiger partial charge on any atom is -0.379 e. The molecule has 2 heterocycles. The van der Waals surface area contributed by atoms with Gasteiger partial charge in [-0.1, -0.05) is 12.1 Å². The fraction of sp³-hybridized carbons (Fsp3) is 0.333. The monoisotopic (exact) mass is 375 g/mol. The number of rotatable bonds is 4. The fourth-order valence-electron chi connectivity index (χ4n) is 2.69. The van der Waals surface area contributed by atoms with Crippen molar-refractivity contribution < 1.29 is 17.9 Å². The molecular formula is C18H21N3O4S. The van der Waals surface area contributed by atoms with Crippen LogP contribution in [0.15, 0.2) is 41.3 Å². The summed E-state index contributed by atoms with van der Waals surface area (Å²) in [5.74, 6) is -0.377. The number of nitrogens with one attached hydrogen (secondary N) is 1. The van der Waals surface area contributed by atoms with Crippen LogP contribution in [0.3, 0.4) is 0 Å². The summed E-state index contributed by atoms with van der Waals surface area (Å²) < 4.78 is 32.2. The maximum atomic E-state index is 12.8. The summed E-state index contributed by atoms with van der Waals surface area (Å²) in [4.78, 5) is 16.8. The Morgan fingerprint density at radius 1 is 1.15 bits per heavy atom. The summed E-state index contributed by atoms with van der Waals surface area (Å²) in [6.45, 7) is 5.03. The lowest BCUT2D eigenvalue weighted by molar-refractivity contribution is 0.0730. The van der Waals surface area contributed by atoms with Gasteiger partial charge < -0.3 is 10.1 Å². The van der Waals surface area contributed by atoms with E-state index in [4.69, 9.17) is 4.74 Å². The van der Waals surface area contributed by atoms with Gasteiger partial charge in [0.05, 0.1) is 18.1 Å². The Kier molecular flexibility index (Phi) is 5.36. The molecule has 2 aromatic rings. The second kappa shape index (κ2) is 7.53. The van der Waals surface area contributed by atoms with E-state index in [0.29, 0.717) is 32.0 Å². The molecule has 0 atom stereocenters. The molecule has 1 fully saturated rings. The Hall–Kier alpha value is -2.29. The number of nitrogens with zero attached hydrogens (tertiary/aromatic N) is 2. The highest BCUT2D eigenvalue weighted by molar-refractivity contribution is 7.89. The van der Waals surface area contributed by atoms with E-state index in [1.807, 2.05) is 6.92 Å². The Morgan fingerprint density at radius 3 is 2.58 bits per heavy atom. The highest BCUT2D eigenvalue weighted by Gasteiger charge is 2.27. The van der Waals surface area contributed by atoms with Gasteiger partial charge >= 0.3 is 0 Å². The van der Waals surface area contributed by atoms with Crippen LogP contribution in [0.25, 0.3) is 0 Å². The van der Waals surface area contributed by atoms with Gasteiger partial charge in [0, 0.05) is 24.5 Å². The van der Waals surface area contributed by atoms with Crippen LogP contribution in [-0.4, -0.2) is 49.9 Å². The maximum Gasteiger partial charge on any atom is 0.274 e. The number of aromatic nitrogens is 1. The predicted octanol–water partition coefficient (Wildman–Crippen LogP) is 1.97. The molecule has 1 aliphatic heterocycles. The molecule has 8 heteroatoms. The van der Waals surface area contributed by atoms with Gasteiger partial charge in [-0.15, -0.1) is 0 Å². The Morgan fingerprint density at radius 2 is 1.88 bits per heavy atom. The van der Waals surface area contributed by atoms with E-state index in [-0.39, 0.29) is 16.5 Å². The molecule has 1 N–H and O–H groups in total. The van der Waals surface area contributed by atoms with Crippen molar-refractivity contribution in [2.24, 2.45) is 0 Å². The van der Waals surface area contributed by atoms with Crippen molar-refractivity contribution in [3.8, 4) is 0 Å². The molecule has 1 saturated heterocycles. The third-order valence-corrected chi connectivity index (χ3v) is 6.08. The molecule has 0 spiro atoms. The van der Waals surface area contributed by atoms with Crippen LogP contribution in [0.5, 0.6) is 0 Å². The molecule has 26 heavy (non-hydrogen) atoms. The zero-order chi connectivity index (χ0) is 18.7. The molecule has 1 aliphatic rings. The van der Waals surface area contributed by atoms with Crippen molar-refractivity contribution in [2.75, 3.05) is 31.6 Å². The van der Waals surface area contributed by atoms with Crippen molar-refractivity contribution in [3.05, 3.63) is 53.3 Å². The molecule has 0 bridgehead atoms. The van der Waals surface area contributed by atoms with E-state index >= 15 is 0 Å². The molecule has 0 unspecified atom stereocenters. The van der Waals surface area contributed by atoms with E-state index < -0.39 is 10.0 Å². The number of sulfonamides is 1. The first kappa shape index (κ1) is 18.5. The topological polar surface area (TPSA) is 88.6 Å². The third-order valence-electron chi connectivity index (χ3n) is 4.19. The van der Waals surface area contributed by atoms with Crippen LogP contribution in [0.4, 0.5) is 5.69 Å². The van der Waals surface area contributed by atoms with Gasteiger partial charge in [0.15, 0.2) is 0 Å². The first-order valence-corrected chi connectivity index (χ1v) is 9.75. The van der Waals surface area contributed by atoms with Gasteiger partial charge in [0.25, 0.3) is 5.91 Å². The van der Waals surface area contributed by atoms with Crippen LogP contribution in [0, 0.1) is 13.8 Å². The van der Waals surface area contributed by atoms with Crippen molar-refractivity contribution in [2.45, 2.75) is 18.7 Å². The summed E-state index contributed by atoms with van der Waals surface area (Å²) >= 11 is 0. The minimum atomic E-state index is -3.62. The molecular weight excluding hydrogens is 354 g/mol. The standard InChI is InChI=1S/C18H21N3O4S/c1-13-6-7-15(26(23,24)21-8-10-25-11-9-21)12-17(13)20-18(22)16-5-3-4-14(2)19-16/h3-7,12H,8-11H2,1-2H3,(H,20,22). The predicted molar refractivity (Wildman–Crippen MR) is 97.7 cm³/mol. The summed E-state index contributed by atoms with van der Waals surface area (Å²) in [6.07, 6.45) is 0. The SMILES string of the molecule is Cc1cccc(C(=O)Nc2cc(S(=O)(=O)N3CCOCC3)ccc2C)n1. The number of morpholine rings is 1. The van der Waals surface area contributed by atoms with E-state index in [2.05, 4.69) is 10.3 Å². The zero-order valence-corrected chi connectivity index (χ0v) is 15.5. The average molecular weight is 375 g/mol.